The van der Waals surface area contributed by atoms with Gasteiger partial charge in [-0.25, -0.2) is 19.3 Å². The fourth-order valence-corrected chi connectivity index (χ4v) is 4.41. The average molecular weight is 435 g/mol. The molecule has 0 amide bonds. The van der Waals surface area contributed by atoms with Crippen LogP contribution in [0.25, 0.3) is 5.82 Å². The molecule has 1 aliphatic heterocycles. The number of aryl methyl sites for hydroxylation is 2. The molecule has 0 N–H and O–H groups in total. The van der Waals surface area contributed by atoms with Crippen LogP contribution in [0.1, 0.15) is 42.4 Å². The van der Waals surface area contributed by atoms with Gasteiger partial charge in [0.25, 0.3) is 5.56 Å². The van der Waals surface area contributed by atoms with Gasteiger partial charge in [-0.05, 0) is 44.9 Å². The first kappa shape index (κ1) is 20.8. The molecule has 0 aromatic carbocycles. The van der Waals surface area contributed by atoms with Crippen LogP contribution in [0, 0.1) is 13.8 Å². The molecular weight excluding hydrogens is 404 g/mol. The number of nitrogens with zero attached hydrogens (tertiary/aromatic N) is 8. The second kappa shape index (κ2) is 8.82. The largest absolute Gasteiger partial charge is 0.354 e. The Balaban J connectivity index is 1.19. The maximum Gasteiger partial charge on any atom is 0.266 e. The topological polar surface area (TPSA) is 85.0 Å². The van der Waals surface area contributed by atoms with Crippen LogP contribution < -0.4 is 10.5 Å². The van der Waals surface area contributed by atoms with E-state index in [1.165, 1.54) is 19.3 Å². The van der Waals surface area contributed by atoms with Crippen molar-refractivity contribution in [3.8, 4) is 5.82 Å². The summed E-state index contributed by atoms with van der Waals surface area (Å²) in [5.74, 6) is 3.26. The predicted octanol–water partition coefficient (Wildman–Crippen LogP) is 1.93. The third kappa shape index (κ3) is 4.29. The number of anilines is 1. The molecule has 0 spiro atoms. The van der Waals surface area contributed by atoms with E-state index >= 15 is 0 Å². The maximum atomic E-state index is 12.3. The molecule has 9 heteroatoms. The standard InChI is InChI=1S/C23H30N8O/c1-17-16-18(2)31(26-17)21-6-7-22(32)30(27-21)15-12-28-10-13-29(14-11-28)20-8-9-24-23(25-20)19-4-3-5-19/h6-9,16,19H,3-5,10-15H2,1-2H3. The van der Waals surface area contributed by atoms with E-state index in [2.05, 4.69) is 25.0 Å². The molecule has 0 unspecified atom stereocenters. The van der Waals surface area contributed by atoms with Gasteiger partial charge in [-0.1, -0.05) is 6.42 Å². The number of rotatable bonds is 6. The van der Waals surface area contributed by atoms with Crippen molar-refractivity contribution in [1.29, 1.82) is 0 Å². The van der Waals surface area contributed by atoms with Gasteiger partial charge in [-0.15, -0.1) is 5.10 Å². The Bertz CT molecular complexity index is 1140. The molecule has 2 aliphatic rings. The van der Waals surface area contributed by atoms with Crippen molar-refractivity contribution in [3.05, 3.63) is 58.0 Å². The van der Waals surface area contributed by atoms with E-state index in [9.17, 15) is 4.79 Å². The highest BCUT2D eigenvalue weighted by atomic mass is 16.1. The van der Waals surface area contributed by atoms with Crippen molar-refractivity contribution in [2.45, 2.75) is 45.6 Å². The summed E-state index contributed by atoms with van der Waals surface area (Å²) in [6.45, 7) is 9.02. The molecule has 0 radical (unpaired) electrons. The highest BCUT2D eigenvalue weighted by Gasteiger charge is 2.24. The van der Waals surface area contributed by atoms with Crippen LogP contribution in [-0.4, -0.2) is 67.2 Å². The summed E-state index contributed by atoms with van der Waals surface area (Å²) in [6, 6.07) is 7.33. The number of hydrogen-bond acceptors (Lipinski definition) is 7. The van der Waals surface area contributed by atoms with Gasteiger partial charge in [0.1, 0.15) is 11.6 Å². The van der Waals surface area contributed by atoms with Gasteiger partial charge in [0.2, 0.25) is 0 Å². The predicted molar refractivity (Wildman–Crippen MR) is 122 cm³/mol. The van der Waals surface area contributed by atoms with Gasteiger partial charge >= 0.3 is 0 Å². The molecule has 0 atom stereocenters. The molecule has 1 saturated carbocycles. The quantitative estimate of drug-likeness (QED) is 0.586. The van der Waals surface area contributed by atoms with Gasteiger partial charge in [0, 0.05) is 56.6 Å². The Morgan fingerprint density at radius 3 is 2.47 bits per heavy atom. The smallest absolute Gasteiger partial charge is 0.266 e. The summed E-state index contributed by atoms with van der Waals surface area (Å²) < 4.78 is 3.33. The van der Waals surface area contributed by atoms with E-state index in [4.69, 9.17) is 4.98 Å². The molecule has 168 valence electrons. The molecule has 32 heavy (non-hydrogen) atoms. The summed E-state index contributed by atoms with van der Waals surface area (Å²) in [4.78, 5) is 26.4. The first-order valence-electron chi connectivity index (χ1n) is 11.5. The molecule has 3 aromatic rings. The summed E-state index contributed by atoms with van der Waals surface area (Å²) in [5.41, 5.74) is 1.85. The van der Waals surface area contributed by atoms with E-state index in [-0.39, 0.29) is 5.56 Å². The van der Waals surface area contributed by atoms with E-state index in [1.54, 1.807) is 21.5 Å². The first-order valence-corrected chi connectivity index (χ1v) is 11.5. The molecule has 5 rings (SSSR count). The van der Waals surface area contributed by atoms with Crippen LogP contribution in [0.15, 0.2) is 35.3 Å². The van der Waals surface area contributed by atoms with Crippen LogP contribution in [0.2, 0.25) is 0 Å². The van der Waals surface area contributed by atoms with Gasteiger partial charge in [-0.3, -0.25) is 9.69 Å². The summed E-state index contributed by atoms with van der Waals surface area (Å²) in [5, 5.41) is 9.03. The van der Waals surface area contributed by atoms with Crippen molar-refractivity contribution in [2.75, 3.05) is 37.6 Å². The zero-order valence-electron chi connectivity index (χ0n) is 18.8. The maximum absolute atomic E-state index is 12.3. The third-order valence-corrected chi connectivity index (χ3v) is 6.53. The van der Waals surface area contributed by atoms with Crippen molar-refractivity contribution in [1.82, 2.24) is 34.4 Å². The lowest BCUT2D eigenvalue weighted by Gasteiger charge is -2.35. The third-order valence-electron chi connectivity index (χ3n) is 6.53. The van der Waals surface area contributed by atoms with Crippen LogP contribution in [0.4, 0.5) is 5.82 Å². The monoisotopic (exact) mass is 434 g/mol. The molecule has 1 aliphatic carbocycles. The zero-order valence-corrected chi connectivity index (χ0v) is 18.8. The zero-order chi connectivity index (χ0) is 22.1. The lowest BCUT2D eigenvalue weighted by atomic mass is 9.85. The summed E-state index contributed by atoms with van der Waals surface area (Å²) in [6.07, 6.45) is 5.62. The minimum Gasteiger partial charge on any atom is -0.354 e. The number of piperazine rings is 1. The Kier molecular flexibility index (Phi) is 5.73. The van der Waals surface area contributed by atoms with E-state index < -0.39 is 0 Å². The average Bonchev–Trinajstić information content (AvgIpc) is 3.10. The van der Waals surface area contributed by atoms with Crippen LogP contribution in [0.5, 0.6) is 0 Å². The van der Waals surface area contributed by atoms with Gasteiger partial charge < -0.3 is 4.90 Å². The Labute approximate surface area is 187 Å². The number of aromatic nitrogens is 6. The highest BCUT2D eigenvalue weighted by Crippen LogP contribution is 2.34. The van der Waals surface area contributed by atoms with Gasteiger partial charge in [-0.2, -0.15) is 5.10 Å². The van der Waals surface area contributed by atoms with E-state index in [0.717, 1.165) is 55.8 Å². The normalized spacial score (nSPS) is 17.5. The van der Waals surface area contributed by atoms with Crippen LogP contribution in [-0.2, 0) is 6.54 Å². The van der Waals surface area contributed by atoms with E-state index in [0.29, 0.717) is 18.3 Å². The second-order valence-corrected chi connectivity index (χ2v) is 8.82. The molecule has 0 bridgehead atoms. The van der Waals surface area contributed by atoms with Crippen molar-refractivity contribution < 1.29 is 0 Å². The number of hydrogen-bond donors (Lipinski definition) is 0. The molecule has 3 aromatic heterocycles. The Morgan fingerprint density at radius 2 is 1.78 bits per heavy atom. The van der Waals surface area contributed by atoms with Crippen LogP contribution >= 0.6 is 0 Å². The van der Waals surface area contributed by atoms with Gasteiger partial charge in [0.15, 0.2) is 5.82 Å². The molecule has 9 nitrogen and oxygen atoms in total. The molecule has 4 heterocycles. The summed E-state index contributed by atoms with van der Waals surface area (Å²) >= 11 is 0. The summed E-state index contributed by atoms with van der Waals surface area (Å²) in [7, 11) is 0. The van der Waals surface area contributed by atoms with Crippen molar-refractivity contribution in [2.24, 2.45) is 0 Å². The minimum atomic E-state index is -0.0848. The van der Waals surface area contributed by atoms with E-state index in [1.807, 2.05) is 32.2 Å². The van der Waals surface area contributed by atoms with Crippen LogP contribution in [0.3, 0.4) is 0 Å². The Morgan fingerprint density at radius 1 is 0.969 bits per heavy atom. The fourth-order valence-electron chi connectivity index (χ4n) is 4.41. The van der Waals surface area contributed by atoms with Crippen molar-refractivity contribution in [3.63, 3.8) is 0 Å². The highest BCUT2D eigenvalue weighted by molar-refractivity contribution is 5.38. The molecular formula is C23H30N8O. The minimum absolute atomic E-state index is 0.0848. The lowest BCUT2D eigenvalue weighted by Crippen LogP contribution is -2.48. The fraction of sp³-hybridized carbons (Fsp3) is 0.522. The molecule has 2 fully saturated rings. The Hall–Kier alpha value is -3.07. The van der Waals surface area contributed by atoms with Crippen molar-refractivity contribution >= 4 is 5.82 Å². The van der Waals surface area contributed by atoms with Gasteiger partial charge in [0.05, 0.1) is 12.2 Å². The first-order chi connectivity index (χ1) is 15.6. The SMILES string of the molecule is Cc1cc(C)n(-c2ccc(=O)n(CCN3CCN(c4ccnc(C5CCC5)n4)CC3)n2)n1. The second-order valence-electron chi connectivity index (χ2n) is 8.82. The lowest BCUT2D eigenvalue weighted by molar-refractivity contribution is 0.242. The molecule has 1 saturated heterocycles.